The number of nitrogens with one attached hydrogen (secondary N) is 2. The molecule has 1 amide bonds. The third kappa shape index (κ3) is 3.38. The molecule has 0 fully saturated rings. The van der Waals surface area contributed by atoms with E-state index in [1.807, 2.05) is 13.8 Å². The molecule has 0 radical (unpaired) electrons. The van der Waals surface area contributed by atoms with Gasteiger partial charge in [-0.3, -0.25) is 14.9 Å². The number of non-ortho nitro benzene ring substituents is 1. The predicted octanol–water partition coefficient (Wildman–Crippen LogP) is 2.39. The number of fused-ring (bicyclic) bond motifs is 1. The van der Waals surface area contributed by atoms with E-state index in [1.165, 1.54) is 24.3 Å². The molecule has 2 aromatic rings. The number of nitro benzene ring substituents is 1. The number of carbonyl (C=O) groups is 2. The minimum Gasteiger partial charge on any atom is -0.448 e. The maximum atomic E-state index is 12.5. The van der Waals surface area contributed by atoms with E-state index in [0.717, 1.165) is 4.68 Å². The average molecular weight is 373 g/mol. The molecule has 0 unspecified atom stereocenters. The second kappa shape index (κ2) is 6.80. The summed E-state index contributed by atoms with van der Waals surface area (Å²) in [5, 5.41) is 20.9. The van der Waals surface area contributed by atoms with Crippen LogP contribution in [0.25, 0.3) is 0 Å². The largest absolute Gasteiger partial charge is 0.448 e. The molecule has 1 aliphatic heterocycles. The first-order valence-electron chi connectivity index (χ1n) is 8.35. The van der Waals surface area contributed by atoms with Gasteiger partial charge in [-0.1, -0.05) is 0 Å². The summed E-state index contributed by atoms with van der Waals surface area (Å²) in [6.45, 7) is 6.13. The molecule has 1 aromatic heterocycles. The van der Waals surface area contributed by atoms with Crippen LogP contribution in [0, 0.1) is 10.1 Å². The molecule has 0 bridgehead atoms. The van der Waals surface area contributed by atoms with Crippen molar-refractivity contribution in [2.45, 2.75) is 32.9 Å². The number of nitro groups is 1. The topological polar surface area (TPSA) is 128 Å². The highest BCUT2D eigenvalue weighted by Crippen LogP contribution is 2.35. The molecule has 0 atom stereocenters. The first-order valence-corrected chi connectivity index (χ1v) is 8.35. The fraction of sp³-hybridized carbons (Fsp3) is 0.353. The zero-order valence-corrected chi connectivity index (χ0v) is 15.1. The van der Waals surface area contributed by atoms with Crippen molar-refractivity contribution >= 4 is 23.5 Å². The molecule has 2 N–H and O–H groups in total. The highest BCUT2D eigenvalue weighted by molar-refractivity contribution is 6.04. The first-order chi connectivity index (χ1) is 12.7. The quantitative estimate of drug-likeness (QED) is 0.622. The molecule has 0 aliphatic carbocycles. The number of ether oxygens (including phenoxy) is 1. The fourth-order valence-electron chi connectivity index (χ4n) is 2.98. The van der Waals surface area contributed by atoms with Gasteiger partial charge < -0.3 is 15.4 Å². The summed E-state index contributed by atoms with van der Waals surface area (Å²) in [5.74, 6) is -0.231. The van der Waals surface area contributed by atoms with Gasteiger partial charge in [-0.05, 0) is 32.9 Å². The van der Waals surface area contributed by atoms with E-state index in [4.69, 9.17) is 4.74 Å². The number of rotatable bonds is 4. The summed E-state index contributed by atoms with van der Waals surface area (Å²) >= 11 is 0. The number of hydrogen-bond acceptors (Lipinski definition) is 7. The predicted molar refractivity (Wildman–Crippen MR) is 95.6 cm³/mol. The molecule has 0 spiro atoms. The van der Waals surface area contributed by atoms with E-state index in [9.17, 15) is 19.7 Å². The van der Waals surface area contributed by atoms with E-state index >= 15 is 0 Å². The van der Waals surface area contributed by atoms with Crippen LogP contribution in [0.1, 0.15) is 42.4 Å². The molecule has 0 saturated carbocycles. The number of nitrogens with zero attached hydrogens (tertiary/aromatic N) is 3. The number of benzene rings is 1. The molecular weight excluding hydrogens is 354 g/mol. The van der Waals surface area contributed by atoms with Crippen LogP contribution in [-0.4, -0.2) is 33.3 Å². The van der Waals surface area contributed by atoms with E-state index in [-0.39, 0.29) is 23.7 Å². The van der Waals surface area contributed by atoms with Gasteiger partial charge in [0.25, 0.3) is 11.6 Å². The SMILES string of the molecule is CCOC(=O)n1nc(NC(=O)c2ccc([N+](=O)[O-])cc2)c2c1C(C)(C)NC2. The standard InChI is InChI=1S/C17H19N5O5/c1-4-27-16(24)21-13-12(9-18-17(13,2)3)14(20-21)19-15(23)10-5-7-11(8-6-10)22(25)26/h5-8,18H,4,9H2,1-3H3,(H,19,20,23). The Morgan fingerprint density at radius 2 is 2.04 bits per heavy atom. The summed E-state index contributed by atoms with van der Waals surface area (Å²) in [7, 11) is 0. The minimum absolute atomic E-state index is 0.106. The third-order valence-corrected chi connectivity index (χ3v) is 4.30. The summed E-state index contributed by atoms with van der Waals surface area (Å²) in [6, 6.07) is 5.22. The molecule has 1 aromatic carbocycles. The second-order valence-corrected chi connectivity index (χ2v) is 6.52. The normalized spacial score (nSPS) is 14.5. The second-order valence-electron chi connectivity index (χ2n) is 6.52. The van der Waals surface area contributed by atoms with Gasteiger partial charge in [0.1, 0.15) is 0 Å². The Balaban J connectivity index is 1.91. The van der Waals surface area contributed by atoms with Gasteiger partial charge >= 0.3 is 6.09 Å². The summed E-state index contributed by atoms with van der Waals surface area (Å²) in [5.41, 5.74) is 0.935. The van der Waals surface area contributed by atoms with Crippen LogP contribution in [0.15, 0.2) is 24.3 Å². The van der Waals surface area contributed by atoms with Crippen molar-refractivity contribution in [2.24, 2.45) is 0 Å². The van der Waals surface area contributed by atoms with Gasteiger partial charge in [0.05, 0.1) is 22.8 Å². The Bertz CT molecular complexity index is 917. The zero-order chi connectivity index (χ0) is 19.8. The molecule has 142 valence electrons. The Hall–Kier alpha value is -3.27. The minimum atomic E-state index is -0.624. The average Bonchev–Trinajstić information content (AvgIpc) is 3.14. The van der Waals surface area contributed by atoms with E-state index in [0.29, 0.717) is 17.8 Å². The van der Waals surface area contributed by atoms with Crippen molar-refractivity contribution in [3.05, 3.63) is 51.2 Å². The molecule has 1 aliphatic rings. The van der Waals surface area contributed by atoms with Gasteiger partial charge in [-0.15, -0.1) is 5.10 Å². The van der Waals surface area contributed by atoms with E-state index in [1.54, 1.807) is 6.92 Å². The van der Waals surface area contributed by atoms with Crippen molar-refractivity contribution in [1.29, 1.82) is 0 Å². The number of anilines is 1. The van der Waals surface area contributed by atoms with Gasteiger partial charge in [0.15, 0.2) is 5.82 Å². The van der Waals surface area contributed by atoms with Crippen LogP contribution in [0.4, 0.5) is 16.3 Å². The van der Waals surface area contributed by atoms with Crippen molar-refractivity contribution in [3.8, 4) is 0 Å². The summed E-state index contributed by atoms with van der Waals surface area (Å²) in [6.07, 6.45) is -0.624. The van der Waals surface area contributed by atoms with Crippen LogP contribution >= 0.6 is 0 Å². The molecule has 0 saturated heterocycles. The smallest absolute Gasteiger partial charge is 0.435 e. The fourth-order valence-corrected chi connectivity index (χ4v) is 2.98. The van der Waals surface area contributed by atoms with Crippen LogP contribution in [0.3, 0.4) is 0 Å². The van der Waals surface area contributed by atoms with Crippen molar-refractivity contribution in [2.75, 3.05) is 11.9 Å². The van der Waals surface area contributed by atoms with Gasteiger partial charge in [-0.2, -0.15) is 4.68 Å². The monoisotopic (exact) mass is 373 g/mol. The molecular formula is C17H19N5O5. The van der Waals surface area contributed by atoms with Gasteiger partial charge in [0.2, 0.25) is 0 Å². The van der Waals surface area contributed by atoms with Crippen LogP contribution < -0.4 is 10.6 Å². The van der Waals surface area contributed by atoms with Gasteiger partial charge in [0, 0.05) is 29.8 Å². The van der Waals surface area contributed by atoms with E-state index in [2.05, 4.69) is 15.7 Å². The third-order valence-electron chi connectivity index (χ3n) is 4.30. The first kappa shape index (κ1) is 18.5. The maximum absolute atomic E-state index is 12.5. The van der Waals surface area contributed by atoms with Gasteiger partial charge in [-0.25, -0.2) is 4.79 Å². The number of amides is 1. The highest BCUT2D eigenvalue weighted by atomic mass is 16.6. The lowest BCUT2D eigenvalue weighted by Crippen LogP contribution is -2.34. The maximum Gasteiger partial charge on any atom is 0.435 e. The zero-order valence-electron chi connectivity index (χ0n) is 15.1. The lowest BCUT2D eigenvalue weighted by Gasteiger charge is -2.20. The van der Waals surface area contributed by atoms with Crippen molar-refractivity contribution in [1.82, 2.24) is 15.1 Å². The number of carbonyl (C=O) groups excluding carboxylic acids is 2. The van der Waals surface area contributed by atoms with Crippen LogP contribution in [-0.2, 0) is 16.8 Å². The molecule has 27 heavy (non-hydrogen) atoms. The molecule has 2 heterocycles. The van der Waals surface area contributed by atoms with Crippen molar-refractivity contribution in [3.63, 3.8) is 0 Å². The highest BCUT2D eigenvalue weighted by Gasteiger charge is 2.39. The number of aromatic nitrogens is 2. The Kier molecular flexibility index (Phi) is 4.66. The lowest BCUT2D eigenvalue weighted by molar-refractivity contribution is -0.384. The molecule has 10 heteroatoms. The molecule has 3 rings (SSSR count). The van der Waals surface area contributed by atoms with E-state index < -0.39 is 22.5 Å². The Morgan fingerprint density at radius 3 is 2.63 bits per heavy atom. The Labute approximate surface area is 154 Å². The Morgan fingerprint density at radius 1 is 1.37 bits per heavy atom. The number of hydrogen-bond donors (Lipinski definition) is 2. The van der Waals surface area contributed by atoms with Crippen molar-refractivity contribution < 1.29 is 19.2 Å². The summed E-state index contributed by atoms with van der Waals surface area (Å²) in [4.78, 5) is 34.9. The van der Waals surface area contributed by atoms with Crippen LogP contribution in [0.2, 0.25) is 0 Å². The summed E-state index contributed by atoms with van der Waals surface area (Å²) < 4.78 is 6.20. The molecule has 10 nitrogen and oxygen atoms in total. The van der Waals surface area contributed by atoms with Crippen LogP contribution in [0.5, 0.6) is 0 Å². The lowest BCUT2D eigenvalue weighted by atomic mass is 10.0.